The van der Waals surface area contributed by atoms with Crippen molar-refractivity contribution in [2.75, 3.05) is 25.9 Å². The molecule has 0 bridgehead atoms. The third-order valence-electron chi connectivity index (χ3n) is 6.62. The number of halogens is 3. The number of carbonyl (C=O) groups is 2. The smallest absolute Gasteiger partial charge is 0.416 e. The standard InChI is InChI=1S/C23H27F3N4O4S2/c1-36(34)21-28-10-18(35-21)22(33)7-5-17(6-8-22)30-12-16(13-30)29-19(31)11-27-20(32)14-3-2-4-15(9-14)23(24,25)26/h2-4,9-10,16-17,33H,5-8,11-13H2,1H3,(H,27,32)(H,29,31)/t17-,22-,36?. The Morgan fingerprint density at radius 1 is 1.31 bits per heavy atom. The Bertz CT molecular complexity index is 1100. The average Bonchev–Trinajstić information content (AvgIpc) is 3.32. The minimum atomic E-state index is -4.55. The fraction of sp³-hybridized carbons (Fsp3) is 0.522. The quantitative estimate of drug-likeness (QED) is 0.461. The van der Waals surface area contributed by atoms with Gasteiger partial charge in [0.25, 0.3) is 5.91 Å². The van der Waals surface area contributed by atoms with E-state index in [4.69, 9.17) is 0 Å². The normalized spacial score (nSPS) is 24.1. The number of benzene rings is 1. The summed E-state index contributed by atoms with van der Waals surface area (Å²) in [7, 11) is 0. The van der Waals surface area contributed by atoms with Crippen LogP contribution in [0, 0.1) is 0 Å². The molecule has 1 aromatic heterocycles. The van der Waals surface area contributed by atoms with Gasteiger partial charge in [0.2, 0.25) is 5.91 Å². The topological polar surface area (TPSA) is 118 Å². The summed E-state index contributed by atoms with van der Waals surface area (Å²) in [6, 6.07) is 4.24. The van der Waals surface area contributed by atoms with E-state index in [1.54, 1.807) is 12.5 Å². The number of hydrogen-bond donors (Lipinski definition) is 3. The number of rotatable bonds is 7. The fourth-order valence-corrected chi connectivity index (χ4v) is 6.31. The second-order valence-electron chi connectivity index (χ2n) is 9.19. The number of alkyl halides is 3. The number of nitrogens with one attached hydrogen (secondary N) is 2. The monoisotopic (exact) mass is 544 g/mol. The molecule has 2 aromatic rings. The van der Waals surface area contributed by atoms with Crippen LogP contribution in [0.25, 0.3) is 0 Å². The highest BCUT2D eigenvalue weighted by Crippen LogP contribution is 2.42. The summed E-state index contributed by atoms with van der Waals surface area (Å²) >= 11 is 0.112. The molecule has 36 heavy (non-hydrogen) atoms. The first-order valence-corrected chi connectivity index (χ1v) is 13.8. The Morgan fingerprint density at radius 2 is 2.00 bits per heavy atom. The maximum absolute atomic E-state index is 12.8. The molecule has 3 N–H and O–H groups in total. The molecule has 1 aromatic carbocycles. The number of hydrogen-bond acceptors (Lipinski definition) is 7. The first-order valence-electron chi connectivity index (χ1n) is 11.5. The number of carbonyl (C=O) groups excluding carboxylic acids is 2. The molecule has 1 aliphatic carbocycles. The van der Waals surface area contributed by atoms with E-state index in [1.165, 1.54) is 17.4 Å². The molecule has 1 aliphatic heterocycles. The molecule has 1 saturated carbocycles. The predicted molar refractivity (Wildman–Crippen MR) is 128 cm³/mol. The van der Waals surface area contributed by atoms with Gasteiger partial charge in [0.15, 0.2) is 0 Å². The van der Waals surface area contributed by atoms with Crippen LogP contribution in [-0.2, 0) is 27.7 Å². The van der Waals surface area contributed by atoms with Crippen LogP contribution < -0.4 is 10.6 Å². The lowest BCUT2D eigenvalue weighted by Crippen LogP contribution is -2.63. The molecule has 0 radical (unpaired) electrons. The van der Waals surface area contributed by atoms with Gasteiger partial charge in [-0.3, -0.25) is 14.5 Å². The van der Waals surface area contributed by atoms with E-state index in [0.29, 0.717) is 30.3 Å². The highest BCUT2D eigenvalue weighted by molar-refractivity contribution is 7.92. The molecular formula is C23H27F3N4O4S2. The molecule has 0 spiro atoms. The van der Waals surface area contributed by atoms with Gasteiger partial charge in [-0.2, -0.15) is 18.2 Å². The molecule has 2 fully saturated rings. The first kappa shape index (κ1) is 26.9. The first-order chi connectivity index (χ1) is 16.9. The highest BCUT2D eigenvalue weighted by Gasteiger charge is 2.41. The van der Waals surface area contributed by atoms with E-state index in [0.717, 1.165) is 35.9 Å². The van der Waals surface area contributed by atoms with Crippen LogP contribution in [0.4, 0.5) is 13.2 Å². The van der Waals surface area contributed by atoms with Gasteiger partial charge in [-0.15, -0.1) is 0 Å². The van der Waals surface area contributed by atoms with Gasteiger partial charge in [0.1, 0.15) is 11.9 Å². The van der Waals surface area contributed by atoms with Crippen molar-refractivity contribution in [1.29, 1.82) is 0 Å². The summed E-state index contributed by atoms with van der Waals surface area (Å²) in [5.41, 5.74) is -2.05. The minimum Gasteiger partial charge on any atom is -0.610 e. The third kappa shape index (κ3) is 6.20. The summed E-state index contributed by atoms with van der Waals surface area (Å²) in [4.78, 5) is 31.5. The zero-order chi connectivity index (χ0) is 26.1. The van der Waals surface area contributed by atoms with Gasteiger partial charge in [-0.25, -0.2) is 0 Å². The predicted octanol–water partition coefficient (Wildman–Crippen LogP) is 2.26. The second kappa shape index (κ2) is 10.7. The molecule has 1 atom stereocenters. The number of aliphatic hydroxyl groups is 1. The third-order valence-corrected chi connectivity index (χ3v) is 9.16. The molecule has 4 rings (SSSR count). The molecule has 1 unspecified atom stereocenters. The maximum Gasteiger partial charge on any atom is 0.416 e. The Kier molecular flexibility index (Phi) is 7.95. The number of likely N-dealkylation sites (tertiary alicyclic amines) is 1. The Balaban J connectivity index is 1.18. The number of nitrogens with zero attached hydrogens (tertiary/aromatic N) is 2. The lowest BCUT2D eigenvalue weighted by Gasteiger charge is -2.48. The van der Waals surface area contributed by atoms with Crippen molar-refractivity contribution in [1.82, 2.24) is 20.5 Å². The van der Waals surface area contributed by atoms with Gasteiger partial charge in [-0.1, -0.05) is 17.4 Å². The molecular weight excluding hydrogens is 517 g/mol. The molecule has 13 heteroatoms. The molecule has 8 nitrogen and oxygen atoms in total. The van der Waals surface area contributed by atoms with E-state index in [9.17, 15) is 32.4 Å². The van der Waals surface area contributed by atoms with E-state index < -0.39 is 40.3 Å². The highest BCUT2D eigenvalue weighted by atomic mass is 32.2. The van der Waals surface area contributed by atoms with Crippen LogP contribution in [0.2, 0.25) is 0 Å². The molecule has 2 aliphatic rings. The lowest BCUT2D eigenvalue weighted by molar-refractivity contribution is -0.137. The SMILES string of the molecule is C[S+]([O-])c1ncc([C@]2(O)CC[C@H](N3CC(NC(=O)CNC(=O)c4cccc(C(F)(F)F)c4)C3)CC2)s1. The van der Waals surface area contributed by atoms with Crippen LogP contribution in [0.1, 0.15) is 46.5 Å². The van der Waals surface area contributed by atoms with E-state index in [2.05, 4.69) is 20.5 Å². The van der Waals surface area contributed by atoms with Crippen molar-refractivity contribution >= 4 is 34.3 Å². The van der Waals surface area contributed by atoms with Crippen molar-refractivity contribution in [3.63, 3.8) is 0 Å². The van der Waals surface area contributed by atoms with Crippen LogP contribution in [0.3, 0.4) is 0 Å². The van der Waals surface area contributed by atoms with Gasteiger partial charge < -0.3 is 20.3 Å². The van der Waals surface area contributed by atoms with Crippen molar-refractivity contribution in [2.24, 2.45) is 0 Å². The number of amides is 2. The Hall–Kier alpha value is -2.19. The zero-order valence-corrected chi connectivity index (χ0v) is 21.1. The summed E-state index contributed by atoms with van der Waals surface area (Å²) in [6.07, 6.45) is 1.34. The van der Waals surface area contributed by atoms with E-state index >= 15 is 0 Å². The molecule has 2 amide bonds. The second-order valence-corrected chi connectivity index (χ2v) is 11.8. The van der Waals surface area contributed by atoms with Gasteiger partial charge in [0, 0.05) is 42.1 Å². The van der Waals surface area contributed by atoms with Crippen LogP contribution in [0.5, 0.6) is 0 Å². The van der Waals surface area contributed by atoms with E-state index in [1.807, 2.05) is 0 Å². The van der Waals surface area contributed by atoms with E-state index in [-0.39, 0.29) is 24.2 Å². The van der Waals surface area contributed by atoms with Gasteiger partial charge in [-0.05, 0) is 43.9 Å². The average molecular weight is 545 g/mol. The largest absolute Gasteiger partial charge is 0.610 e. The lowest BCUT2D eigenvalue weighted by atomic mass is 9.80. The Labute approximate surface area is 213 Å². The van der Waals surface area contributed by atoms with Crippen LogP contribution in [0.15, 0.2) is 34.8 Å². The number of thiazole rings is 1. The maximum atomic E-state index is 12.8. The molecule has 196 valence electrons. The van der Waals surface area contributed by atoms with Gasteiger partial charge in [0.05, 0.1) is 23.0 Å². The van der Waals surface area contributed by atoms with Crippen LogP contribution in [-0.4, -0.2) is 69.3 Å². The zero-order valence-electron chi connectivity index (χ0n) is 19.5. The van der Waals surface area contributed by atoms with Crippen LogP contribution >= 0.6 is 11.3 Å². The Morgan fingerprint density at radius 3 is 2.61 bits per heavy atom. The molecule has 2 heterocycles. The summed E-state index contributed by atoms with van der Waals surface area (Å²) in [5, 5.41) is 16.2. The number of aromatic nitrogens is 1. The fourth-order valence-electron chi connectivity index (χ4n) is 4.58. The molecule has 1 saturated heterocycles. The van der Waals surface area contributed by atoms with Crippen molar-refractivity contribution in [2.45, 2.75) is 53.9 Å². The summed E-state index contributed by atoms with van der Waals surface area (Å²) in [5.74, 6) is -1.16. The summed E-state index contributed by atoms with van der Waals surface area (Å²) in [6.45, 7) is 0.966. The summed E-state index contributed by atoms with van der Waals surface area (Å²) < 4.78 is 50.6. The van der Waals surface area contributed by atoms with Crippen molar-refractivity contribution < 1.29 is 32.4 Å². The van der Waals surface area contributed by atoms with Crippen molar-refractivity contribution in [3.05, 3.63) is 46.5 Å². The minimum absolute atomic E-state index is 0.0765. The van der Waals surface area contributed by atoms with Crippen molar-refractivity contribution in [3.8, 4) is 0 Å². The van der Waals surface area contributed by atoms with Gasteiger partial charge >= 0.3 is 10.5 Å².